The molecule has 0 saturated carbocycles. The van der Waals surface area contributed by atoms with Gasteiger partial charge in [-0.2, -0.15) is 0 Å². The predicted molar refractivity (Wildman–Crippen MR) is 89.6 cm³/mol. The van der Waals surface area contributed by atoms with Crippen LogP contribution >= 0.6 is 0 Å². The fraction of sp³-hybridized carbons (Fsp3) is 0.471. The van der Waals surface area contributed by atoms with Crippen molar-refractivity contribution in [1.29, 1.82) is 0 Å². The summed E-state index contributed by atoms with van der Waals surface area (Å²) < 4.78 is 5.29. The molecule has 2 N–H and O–H groups in total. The van der Waals surface area contributed by atoms with Gasteiger partial charge >= 0.3 is 12.0 Å². The first-order valence-electron chi connectivity index (χ1n) is 8.24. The van der Waals surface area contributed by atoms with Gasteiger partial charge in [0, 0.05) is 19.6 Å². The van der Waals surface area contributed by atoms with Crippen LogP contribution in [0.4, 0.5) is 10.5 Å². The molecule has 134 valence electrons. The van der Waals surface area contributed by atoms with Crippen LogP contribution in [0.15, 0.2) is 24.3 Å². The smallest absolute Gasteiger partial charge is 0.318 e. The summed E-state index contributed by atoms with van der Waals surface area (Å²) in [5.74, 6) is -1.01. The number of nitrogens with zero attached hydrogens (tertiary/aromatic N) is 2. The summed E-state index contributed by atoms with van der Waals surface area (Å²) in [7, 11) is 1.55. The number of methoxy groups -OCH3 is 1. The Balaban J connectivity index is 1.63. The summed E-state index contributed by atoms with van der Waals surface area (Å²) in [6.07, 6.45) is 0.938. The van der Waals surface area contributed by atoms with E-state index in [1.807, 2.05) is 12.1 Å². The number of hydrogen-bond acceptors (Lipinski definition) is 4. The number of hydrogen-bond donors (Lipinski definition) is 2. The van der Waals surface area contributed by atoms with E-state index < -0.39 is 17.9 Å². The first-order chi connectivity index (χ1) is 12.0. The minimum absolute atomic E-state index is 0.179. The van der Waals surface area contributed by atoms with Crippen LogP contribution in [0.5, 0.6) is 5.75 Å². The van der Waals surface area contributed by atoms with Crippen molar-refractivity contribution in [2.75, 3.05) is 31.6 Å². The van der Waals surface area contributed by atoms with E-state index in [0.717, 1.165) is 0 Å². The van der Waals surface area contributed by atoms with E-state index in [1.54, 1.807) is 24.1 Å². The number of carbonyl (C=O) groups excluding carboxylic acids is 2. The van der Waals surface area contributed by atoms with E-state index in [1.165, 1.54) is 4.90 Å². The van der Waals surface area contributed by atoms with E-state index in [2.05, 4.69) is 5.32 Å². The molecule has 3 amide bonds. The predicted octanol–water partition coefficient (Wildman–Crippen LogP) is 0.917. The maximum atomic E-state index is 12.6. The Hall–Kier alpha value is -2.77. The second-order valence-corrected chi connectivity index (χ2v) is 6.22. The molecule has 2 aliphatic rings. The van der Waals surface area contributed by atoms with Gasteiger partial charge in [-0.3, -0.25) is 9.59 Å². The molecule has 0 spiro atoms. The van der Waals surface area contributed by atoms with Crippen LogP contribution in [0.25, 0.3) is 0 Å². The Morgan fingerprint density at radius 1 is 1.24 bits per heavy atom. The Morgan fingerprint density at radius 3 is 2.68 bits per heavy atom. The van der Waals surface area contributed by atoms with Crippen molar-refractivity contribution in [3.05, 3.63) is 24.3 Å². The molecule has 1 aromatic carbocycles. The fourth-order valence-corrected chi connectivity index (χ4v) is 3.29. The number of carboxylic acids is 1. The fourth-order valence-electron chi connectivity index (χ4n) is 3.29. The second-order valence-electron chi connectivity index (χ2n) is 6.22. The lowest BCUT2D eigenvalue weighted by molar-refractivity contribution is -0.141. The number of carboxylic acid groups (broad SMARTS) is 1. The molecule has 2 aliphatic heterocycles. The number of para-hydroxylation sites is 2. The lowest BCUT2D eigenvalue weighted by Crippen LogP contribution is -2.47. The van der Waals surface area contributed by atoms with Gasteiger partial charge in [0.2, 0.25) is 5.91 Å². The summed E-state index contributed by atoms with van der Waals surface area (Å²) in [5.41, 5.74) is 0.680. The van der Waals surface area contributed by atoms with E-state index >= 15 is 0 Å². The highest BCUT2D eigenvalue weighted by atomic mass is 16.5. The summed E-state index contributed by atoms with van der Waals surface area (Å²) >= 11 is 0. The van der Waals surface area contributed by atoms with Crippen molar-refractivity contribution >= 4 is 23.6 Å². The zero-order valence-corrected chi connectivity index (χ0v) is 14.0. The number of amides is 3. The Kier molecular flexibility index (Phi) is 4.78. The van der Waals surface area contributed by atoms with Gasteiger partial charge in [0.25, 0.3) is 0 Å². The molecule has 2 fully saturated rings. The minimum atomic E-state index is -0.894. The number of aliphatic carboxylic acids is 1. The molecule has 2 heterocycles. The van der Waals surface area contributed by atoms with Crippen LogP contribution in [0, 0.1) is 5.92 Å². The maximum Gasteiger partial charge on any atom is 0.318 e. The highest BCUT2D eigenvalue weighted by Gasteiger charge is 2.37. The summed E-state index contributed by atoms with van der Waals surface area (Å²) in [6, 6.07) is 6.25. The highest BCUT2D eigenvalue weighted by Crippen LogP contribution is 2.31. The number of nitrogens with one attached hydrogen (secondary N) is 1. The van der Waals surface area contributed by atoms with Crippen molar-refractivity contribution in [2.45, 2.75) is 18.9 Å². The number of ether oxygens (including phenoxy) is 1. The van der Waals surface area contributed by atoms with Crippen molar-refractivity contribution in [3.63, 3.8) is 0 Å². The summed E-state index contributed by atoms with van der Waals surface area (Å²) in [4.78, 5) is 39.0. The molecule has 0 aliphatic carbocycles. The molecule has 1 aromatic rings. The van der Waals surface area contributed by atoms with Crippen LogP contribution in [0.3, 0.4) is 0 Å². The molecule has 25 heavy (non-hydrogen) atoms. The van der Waals surface area contributed by atoms with Gasteiger partial charge in [0.15, 0.2) is 0 Å². The zero-order valence-electron chi connectivity index (χ0n) is 14.0. The molecule has 0 bridgehead atoms. The van der Waals surface area contributed by atoms with Gasteiger partial charge in [-0.05, 0) is 25.0 Å². The highest BCUT2D eigenvalue weighted by molar-refractivity contribution is 6.02. The van der Waals surface area contributed by atoms with Crippen LogP contribution in [0.2, 0.25) is 0 Å². The van der Waals surface area contributed by atoms with Crippen LogP contribution in [0.1, 0.15) is 12.8 Å². The maximum absolute atomic E-state index is 12.6. The third-order valence-electron chi connectivity index (χ3n) is 4.70. The van der Waals surface area contributed by atoms with Gasteiger partial charge in [0.05, 0.1) is 18.7 Å². The number of likely N-dealkylation sites (tertiary alicyclic amines) is 1. The molecular weight excluding hydrogens is 326 g/mol. The number of rotatable bonds is 4. The van der Waals surface area contributed by atoms with Crippen molar-refractivity contribution in [1.82, 2.24) is 10.2 Å². The molecule has 8 heteroatoms. The molecule has 2 atom stereocenters. The largest absolute Gasteiger partial charge is 0.495 e. The first-order valence-corrected chi connectivity index (χ1v) is 8.24. The Bertz CT molecular complexity index is 693. The van der Waals surface area contributed by atoms with Gasteiger partial charge in [-0.1, -0.05) is 12.1 Å². The monoisotopic (exact) mass is 347 g/mol. The molecule has 2 saturated heterocycles. The Labute approximate surface area is 145 Å². The first kappa shape index (κ1) is 17.1. The molecule has 8 nitrogen and oxygen atoms in total. The number of urea groups is 1. The second kappa shape index (κ2) is 7.00. The third kappa shape index (κ3) is 3.38. The van der Waals surface area contributed by atoms with Crippen LogP contribution in [-0.4, -0.2) is 60.7 Å². The van der Waals surface area contributed by atoms with E-state index in [9.17, 15) is 14.4 Å². The number of anilines is 1. The number of benzene rings is 1. The minimum Gasteiger partial charge on any atom is -0.495 e. The van der Waals surface area contributed by atoms with Crippen molar-refractivity contribution in [3.8, 4) is 5.75 Å². The standard InChI is InChI=1S/C17H21N3O5/c1-25-14-5-3-2-4-13(14)20-9-7-12(15(20)21)18-17(24)19-8-6-11(10-19)16(22)23/h2-5,11-12H,6-10H2,1H3,(H,18,24)(H,22,23). The normalized spacial score (nSPS) is 23.0. The summed E-state index contributed by atoms with van der Waals surface area (Å²) in [6.45, 7) is 1.06. The third-order valence-corrected chi connectivity index (χ3v) is 4.70. The van der Waals surface area contributed by atoms with E-state index in [4.69, 9.17) is 9.84 Å². The molecule has 0 aromatic heterocycles. The molecular formula is C17H21N3O5. The lowest BCUT2D eigenvalue weighted by atomic mass is 10.1. The van der Waals surface area contributed by atoms with E-state index in [0.29, 0.717) is 37.4 Å². The molecule has 2 unspecified atom stereocenters. The van der Waals surface area contributed by atoms with Gasteiger partial charge < -0.3 is 25.0 Å². The Morgan fingerprint density at radius 2 is 2.00 bits per heavy atom. The quantitative estimate of drug-likeness (QED) is 0.844. The van der Waals surface area contributed by atoms with Crippen LogP contribution in [-0.2, 0) is 9.59 Å². The molecule has 0 radical (unpaired) electrons. The SMILES string of the molecule is COc1ccccc1N1CCC(NC(=O)N2CCC(C(=O)O)C2)C1=O. The topological polar surface area (TPSA) is 99.2 Å². The van der Waals surface area contributed by atoms with Gasteiger partial charge in [-0.25, -0.2) is 4.79 Å². The van der Waals surface area contributed by atoms with Gasteiger partial charge in [0.1, 0.15) is 11.8 Å². The zero-order chi connectivity index (χ0) is 18.0. The van der Waals surface area contributed by atoms with Crippen molar-refractivity contribution < 1.29 is 24.2 Å². The molecule has 3 rings (SSSR count). The van der Waals surface area contributed by atoms with Gasteiger partial charge in [-0.15, -0.1) is 0 Å². The van der Waals surface area contributed by atoms with E-state index in [-0.39, 0.29) is 18.5 Å². The van der Waals surface area contributed by atoms with Crippen LogP contribution < -0.4 is 15.0 Å². The summed E-state index contributed by atoms with van der Waals surface area (Å²) in [5, 5.41) is 11.7. The number of carbonyl (C=O) groups is 3. The van der Waals surface area contributed by atoms with Crippen molar-refractivity contribution in [2.24, 2.45) is 5.92 Å². The lowest BCUT2D eigenvalue weighted by Gasteiger charge is -2.21. The average Bonchev–Trinajstić information content (AvgIpc) is 3.23. The average molecular weight is 347 g/mol.